The molecule has 0 atom stereocenters. The molecule has 3 aromatic rings. The summed E-state index contributed by atoms with van der Waals surface area (Å²) < 4.78 is 26.4. The molecule has 2 heterocycles. The van der Waals surface area contributed by atoms with Crippen molar-refractivity contribution in [1.82, 2.24) is 10.1 Å². The number of hydrogen-bond donors (Lipinski definition) is 0. The van der Waals surface area contributed by atoms with Crippen molar-refractivity contribution in [2.24, 2.45) is 0 Å². The zero-order chi connectivity index (χ0) is 24.0. The molecule has 3 rings (SSSR count). The van der Waals surface area contributed by atoms with Crippen molar-refractivity contribution in [3.05, 3.63) is 54.2 Å². The van der Waals surface area contributed by atoms with E-state index in [-0.39, 0.29) is 25.8 Å². The Morgan fingerprint density at radius 2 is 1.85 bits per heavy atom. The summed E-state index contributed by atoms with van der Waals surface area (Å²) in [6.45, 7) is 10.4. The molecule has 0 spiro atoms. The van der Waals surface area contributed by atoms with Gasteiger partial charge in [0, 0.05) is 11.0 Å². The number of esters is 1. The number of pyridine rings is 1. The van der Waals surface area contributed by atoms with Gasteiger partial charge in [-0.3, -0.25) is 0 Å². The topological polar surface area (TPSA) is 110 Å². The second-order valence-corrected chi connectivity index (χ2v) is 8.22. The Morgan fingerprint density at radius 3 is 2.58 bits per heavy atom. The van der Waals surface area contributed by atoms with E-state index in [2.05, 4.69) is 16.7 Å². The van der Waals surface area contributed by atoms with E-state index in [1.165, 1.54) is 0 Å². The second-order valence-electron chi connectivity index (χ2n) is 8.22. The molecule has 1 aromatic carbocycles. The summed E-state index contributed by atoms with van der Waals surface area (Å²) in [5, 5.41) is 4.94. The number of rotatable bonds is 8. The fourth-order valence-corrected chi connectivity index (χ4v) is 2.76. The predicted octanol–water partition coefficient (Wildman–Crippen LogP) is 4.84. The highest BCUT2D eigenvalue weighted by Gasteiger charge is 2.26. The first-order chi connectivity index (χ1) is 15.6. The van der Waals surface area contributed by atoms with Gasteiger partial charge < -0.3 is 23.5 Å². The lowest BCUT2D eigenvalue weighted by Gasteiger charge is -2.18. The zero-order valence-corrected chi connectivity index (χ0v) is 19.0. The molecule has 0 bridgehead atoms. The SMILES string of the molecule is C=C(C)C(=O)OCCOCc1noc(OC(=O)OC(C)(C)C)c1-c1ccc2ccccc2n1. The third kappa shape index (κ3) is 6.63. The predicted molar refractivity (Wildman–Crippen MR) is 120 cm³/mol. The molecule has 0 saturated carbocycles. The fourth-order valence-electron chi connectivity index (χ4n) is 2.76. The molecule has 0 saturated heterocycles. The fraction of sp³-hybridized carbons (Fsp3) is 0.333. The van der Waals surface area contributed by atoms with E-state index in [1.807, 2.05) is 30.3 Å². The number of carbonyl (C=O) groups is 2. The monoisotopic (exact) mass is 454 g/mol. The van der Waals surface area contributed by atoms with E-state index in [4.69, 9.17) is 23.5 Å². The van der Waals surface area contributed by atoms with E-state index in [1.54, 1.807) is 33.8 Å². The average Bonchev–Trinajstić information content (AvgIpc) is 3.13. The van der Waals surface area contributed by atoms with E-state index < -0.39 is 17.7 Å². The first kappa shape index (κ1) is 23.9. The first-order valence-electron chi connectivity index (χ1n) is 10.3. The number of carbonyl (C=O) groups excluding carboxylic acids is 2. The molecule has 0 aliphatic rings. The molecule has 0 radical (unpaired) electrons. The van der Waals surface area contributed by atoms with Gasteiger partial charge >= 0.3 is 18.1 Å². The summed E-state index contributed by atoms with van der Waals surface area (Å²) in [7, 11) is 0. The number of nitrogens with zero attached hydrogens (tertiary/aromatic N) is 2. The van der Waals surface area contributed by atoms with Crippen LogP contribution in [0.2, 0.25) is 0 Å². The highest BCUT2D eigenvalue weighted by Crippen LogP contribution is 2.34. The molecule has 0 unspecified atom stereocenters. The van der Waals surface area contributed by atoms with Crippen molar-refractivity contribution in [3.63, 3.8) is 0 Å². The zero-order valence-electron chi connectivity index (χ0n) is 19.0. The minimum atomic E-state index is -0.931. The summed E-state index contributed by atoms with van der Waals surface area (Å²) in [5.41, 5.74) is 1.53. The Labute approximate surface area is 191 Å². The van der Waals surface area contributed by atoms with Gasteiger partial charge in [0.05, 0.1) is 24.4 Å². The van der Waals surface area contributed by atoms with Gasteiger partial charge in [0.2, 0.25) is 0 Å². The molecular weight excluding hydrogens is 428 g/mol. The van der Waals surface area contributed by atoms with Gasteiger partial charge in [0.15, 0.2) is 0 Å². The molecule has 9 heteroatoms. The third-order valence-corrected chi connectivity index (χ3v) is 4.20. The van der Waals surface area contributed by atoms with Gasteiger partial charge in [-0.05, 0) is 39.8 Å². The van der Waals surface area contributed by atoms with E-state index >= 15 is 0 Å². The second kappa shape index (κ2) is 10.3. The Kier molecular flexibility index (Phi) is 7.44. The van der Waals surface area contributed by atoms with E-state index in [0.717, 1.165) is 10.9 Å². The normalized spacial score (nSPS) is 11.3. The van der Waals surface area contributed by atoms with Crippen LogP contribution >= 0.6 is 0 Å². The lowest BCUT2D eigenvalue weighted by atomic mass is 10.1. The van der Waals surface area contributed by atoms with Crippen LogP contribution in [0, 0.1) is 0 Å². The van der Waals surface area contributed by atoms with Crippen molar-refractivity contribution < 1.29 is 33.1 Å². The molecular formula is C24H26N2O7. The summed E-state index contributed by atoms with van der Waals surface area (Å²) in [6.07, 6.45) is -0.931. The standard InChI is InChI=1S/C24H26N2O7/c1-15(2)21(27)30-13-12-29-14-19-20(18-11-10-16-8-6-7-9-17(16)25-18)22(33-26-19)31-23(28)32-24(3,4)5/h6-11H,1,12-14H2,2-5H3. The highest BCUT2D eigenvalue weighted by atomic mass is 16.8. The van der Waals surface area contributed by atoms with Crippen molar-refractivity contribution in [2.45, 2.75) is 39.9 Å². The largest absolute Gasteiger partial charge is 0.516 e. The quantitative estimate of drug-likeness (QED) is 0.268. The smallest absolute Gasteiger partial charge is 0.460 e. The number of hydrogen-bond acceptors (Lipinski definition) is 9. The van der Waals surface area contributed by atoms with Gasteiger partial charge in [-0.2, -0.15) is 0 Å². The molecule has 174 valence electrons. The van der Waals surface area contributed by atoms with Gasteiger partial charge in [0.25, 0.3) is 0 Å². The van der Waals surface area contributed by atoms with Gasteiger partial charge in [-0.25, -0.2) is 14.6 Å². The third-order valence-electron chi connectivity index (χ3n) is 4.20. The van der Waals surface area contributed by atoms with Crippen molar-refractivity contribution in [3.8, 4) is 17.2 Å². The number of benzene rings is 1. The van der Waals surface area contributed by atoms with Crippen LogP contribution < -0.4 is 4.74 Å². The molecule has 0 aliphatic heterocycles. The molecule has 0 fully saturated rings. The minimum absolute atomic E-state index is 0.00956. The van der Waals surface area contributed by atoms with Crippen LogP contribution in [0.25, 0.3) is 22.2 Å². The Bertz CT molecular complexity index is 1160. The average molecular weight is 454 g/mol. The van der Waals surface area contributed by atoms with Crippen LogP contribution in [0.3, 0.4) is 0 Å². The minimum Gasteiger partial charge on any atom is -0.460 e. The van der Waals surface area contributed by atoms with Gasteiger partial charge in [0.1, 0.15) is 23.5 Å². The van der Waals surface area contributed by atoms with Crippen LogP contribution in [0.1, 0.15) is 33.4 Å². The van der Waals surface area contributed by atoms with Crippen LogP contribution in [-0.4, -0.2) is 41.1 Å². The first-order valence-corrected chi connectivity index (χ1v) is 10.3. The van der Waals surface area contributed by atoms with Crippen LogP contribution in [0.15, 0.2) is 53.1 Å². The Morgan fingerprint density at radius 1 is 1.09 bits per heavy atom. The maximum atomic E-state index is 12.2. The Hall–Kier alpha value is -3.72. The van der Waals surface area contributed by atoms with Gasteiger partial charge in [-0.1, -0.05) is 36.0 Å². The van der Waals surface area contributed by atoms with Crippen molar-refractivity contribution >= 4 is 23.0 Å². The molecule has 9 nitrogen and oxygen atoms in total. The van der Waals surface area contributed by atoms with Gasteiger partial charge in [-0.15, -0.1) is 0 Å². The lowest BCUT2D eigenvalue weighted by Crippen LogP contribution is -2.26. The van der Waals surface area contributed by atoms with Crippen molar-refractivity contribution in [2.75, 3.05) is 13.2 Å². The van der Waals surface area contributed by atoms with Crippen LogP contribution in [0.5, 0.6) is 5.95 Å². The highest BCUT2D eigenvalue weighted by molar-refractivity contribution is 5.87. The number of fused-ring (bicyclic) bond motifs is 1. The number of aromatic nitrogens is 2. The van der Waals surface area contributed by atoms with E-state index in [0.29, 0.717) is 22.5 Å². The molecule has 2 aromatic heterocycles. The number of ether oxygens (including phenoxy) is 4. The summed E-state index contributed by atoms with van der Waals surface area (Å²) in [4.78, 5) is 28.3. The molecule has 0 amide bonds. The van der Waals surface area contributed by atoms with E-state index in [9.17, 15) is 9.59 Å². The molecule has 0 N–H and O–H groups in total. The summed E-state index contributed by atoms with van der Waals surface area (Å²) in [6, 6.07) is 11.3. The van der Waals surface area contributed by atoms with Crippen LogP contribution in [-0.2, 0) is 25.6 Å². The maximum Gasteiger partial charge on any atom is 0.516 e. The Balaban J connectivity index is 1.81. The molecule has 0 aliphatic carbocycles. The summed E-state index contributed by atoms with van der Waals surface area (Å²) in [5.74, 6) is -0.645. The lowest BCUT2D eigenvalue weighted by molar-refractivity contribution is -0.140. The van der Waals surface area contributed by atoms with Crippen LogP contribution in [0.4, 0.5) is 4.79 Å². The maximum absolute atomic E-state index is 12.2. The number of para-hydroxylation sites is 1. The molecule has 33 heavy (non-hydrogen) atoms. The van der Waals surface area contributed by atoms with Crippen molar-refractivity contribution in [1.29, 1.82) is 0 Å². The summed E-state index contributed by atoms with van der Waals surface area (Å²) >= 11 is 0.